The highest BCUT2D eigenvalue weighted by atomic mass is 35.5. The van der Waals surface area contributed by atoms with Gasteiger partial charge < -0.3 is 14.6 Å². The topological polar surface area (TPSA) is 91.4 Å². The minimum Gasteiger partial charge on any atom is -0.493 e. The number of likely N-dealkylation sites (tertiary alicyclic amines) is 1. The van der Waals surface area contributed by atoms with Gasteiger partial charge in [0, 0.05) is 71.9 Å². The van der Waals surface area contributed by atoms with Gasteiger partial charge in [0.2, 0.25) is 10.3 Å². The molecule has 0 amide bonds. The molecule has 0 radical (unpaired) electrons. The van der Waals surface area contributed by atoms with E-state index in [1.165, 1.54) is 0 Å². The molecule has 1 unspecified atom stereocenters. The molecule has 0 bridgehead atoms. The van der Waals surface area contributed by atoms with Crippen molar-refractivity contribution in [2.24, 2.45) is 11.8 Å². The summed E-state index contributed by atoms with van der Waals surface area (Å²) >= 11 is 5.97. The SMILES string of the molecule is O=S(=O)=C(C1CCN(c2cc[nH]c3cnc4nccc4c23)CC1)N1CCCC(COc2ccc(Cl)cc2)C1. The van der Waals surface area contributed by atoms with Gasteiger partial charge in [-0.05, 0) is 62.1 Å². The number of piperidine rings is 2. The third-order valence-corrected chi connectivity index (χ3v) is 8.94. The number of aromatic nitrogens is 3. The summed E-state index contributed by atoms with van der Waals surface area (Å²) in [5, 5.41) is 2.82. The highest BCUT2D eigenvalue weighted by Crippen LogP contribution is 2.34. The largest absolute Gasteiger partial charge is 0.493 e. The number of pyridine rings is 2. The van der Waals surface area contributed by atoms with Crippen molar-refractivity contribution in [2.75, 3.05) is 37.7 Å². The molecule has 1 N–H and O–H groups in total. The number of anilines is 1. The van der Waals surface area contributed by atoms with Crippen molar-refractivity contribution in [3.8, 4) is 5.75 Å². The zero-order chi connectivity index (χ0) is 26.1. The van der Waals surface area contributed by atoms with Crippen molar-refractivity contribution in [1.82, 2.24) is 19.9 Å². The second-order valence-electron chi connectivity index (χ2n) is 10.1. The molecule has 3 aromatic heterocycles. The Morgan fingerprint density at radius 3 is 2.66 bits per heavy atom. The maximum atomic E-state index is 12.5. The van der Waals surface area contributed by atoms with E-state index in [1.54, 1.807) is 6.20 Å². The van der Waals surface area contributed by atoms with E-state index in [0.29, 0.717) is 23.2 Å². The predicted octanol–water partition coefficient (Wildman–Crippen LogP) is 4.78. The van der Waals surface area contributed by atoms with Crippen LogP contribution in [0.15, 0.2) is 55.0 Å². The Balaban J connectivity index is 1.14. The Labute approximate surface area is 228 Å². The first-order valence-corrected chi connectivity index (χ1v) is 14.6. The lowest BCUT2D eigenvalue weighted by Gasteiger charge is -2.39. The van der Waals surface area contributed by atoms with E-state index in [-0.39, 0.29) is 11.8 Å². The number of aromatic amines is 1. The summed E-state index contributed by atoms with van der Waals surface area (Å²) in [6, 6.07) is 11.5. The van der Waals surface area contributed by atoms with Crippen LogP contribution in [0.1, 0.15) is 25.7 Å². The number of halogens is 1. The Morgan fingerprint density at radius 2 is 1.87 bits per heavy atom. The fourth-order valence-corrected chi connectivity index (χ4v) is 6.93. The number of fused-ring (bicyclic) bond motifs is 3. The van der Waals surface area contributed by atoms with E-state index >= 15 is 0 Å². The molecule has 1 aromatic carbocycles. The molecule has 0 saturated carbocycles. The van der Waals surface area contributed by atoms with Crippen LogP contribution >= 0.6 is 11.6 Å². The van der Waals surface area contributed by atoms with Crippen LogP contribution in [-0.4, -0.2) is 66.0 Å². The number of H-pyrrole nitrogens is 1. The summed E-state index contributed by atoms with van der Waals surface area (Å²) in [6.45, 7) is 3.62. The number of benzene rings is 1. The molecule has 2 aliphatic heterocycles. The summed E-state index contributed by atoms with van der Waals surface area (Å²) in [5.41, 5.74) is 2.85. The predicted molar refractivity (Wildman–Crippen MR) is 152 cm³/mol. The van der Waals surface area contributed by atoms with E-state index in [0.717, 1.165) is 78.7 Å². The summed E-state index contributed by atoms with van der Waals surface area (Å²) in [7, 11) is -2.25. The Morgan fingerprint density at radius 1 is 1.05 bits per heavy atom. The molecular formula is C28H30ClN5O3S. The molecule has 1 atom stereocenters. The highest BCUT2D eigenvalue weighted by molar-refractivity contribution is 7.72. The molecule has 2 aliphatic rings. The Hall–Kier alpha value is -3.14. The zero-order valence-corrected chi connectivity index (χ0v) is 22.6. The molecule has 2 fully saturated rings. The smallest absolute Gasteiger partial charge is 0.228 e. The van der Waals surface area contributed by atoms with Gasteiger partial charge in [-0.2, -0.15) is 8.42 Å². The van der Waals surface area contributed by atoms with E-state index < -0.39 is 10.3 Å². The van der Waals surface area contributed by atoms with Gasteiger partial charge in [0.1, 0.15) is 10.7 Å². The molecule has 5 heterocycles. The van der Waals surface area contributed by atoms with Gasteiger partial charge in [0.25, 0.3) is 0 Å². The zero-order valence-electron chi connectivity index (χ0n) is 21.0. The third-order valence-electron chi connectivity index (χ3n) is 7.76. The number of hydrogen-bond acceptors (Lipinski definition) is 6. The standard InChI is InChI=1S/C28H30ClN5O3S/c29-21-3-5-22(6-4-21)37-18-19-2-1-13-34(17-19)28(38(35)36)20-9-14-33(15-10-20)25-8-12-30-24-16-32-27-23(26(24)25)7-11-31-27/h3-8,11-12,16,19-20,30H,1-2,9-10,13-15,17-18H2. The van der Waals surface area contributed by atoms with Crippen LogP contribution in [0.25, 0.3) is 21.9 Å². The van der Waals surface area contributed by atoms with Crippen molar-refractivity contribution in [1.29, 1.82) is 0 Å². The van der Waals surface area contributed by atoms with Crippen LogP contribution in [0.3, 0.4) is 0 Å². The first kappa shape index (κ1) is 25.2. The van der Waals surface area contributed by atoms with Crippen molar-refractivity contribution in [2.45, 2.75) is 25.7 Å². The van der Waals surface area contributed by atoms with E-state index in [9.17, 15) is 8.42 Å². The van der Waals surface area contributed by atoms with Crippen molar-refractivity contribution in [3.63, 3.8) is 0 Å². The summed E-state index contributed by atoms with van der Waals surface area (Å²) in [6.07, 6.45) is 9.13. The normalized spacial score (nSPS) is 19.2. The maximum Gasteiger partial charge on any atom is 0.228 e. The maximum absolute atomic E-state index is 12.5. The fraction of sp³-hybridized carbons (Fsp3) is 0.393. The number of nitrogens with zero attached hydrogens (tertiary/aromatic N) is 4. The van der Waals surface area contributed by atoms with Crippen LogP contribution in [0.2, 0.25) is 5.02 Å². The van der Waals surface area contributed by atoms with E-state index in [1.807, 2.05) is 42.7 Å². The minimum atomic E-state index is -2.25. The molecule has 10 heteroatoms. The molecule has 6 rings (SSSR count). The molecule has 0 spiro atoms. The molecule has 0 aliphatic carbocycles. The highest BCUT2D eigenvalue weighted by Gasteiger charge is 2.32. The number of rotatable bonds is 5. The van der Waals surface area contributed by atoms with Crippen LogP contribution in [0.4, 0.5) is 5.69 Å². The second kappa shape index (κ2) is 10.9. The summed E-state index contributed by atoms with van der Waals surface area (Å²) in [4.78, 5) is 17.1. The molecule has 8 nitrogen and oxygen atoms in total. The quantitative estimate of drug-likeness (QED) is 0.357. The van der Waals surface area contributed by atoms with Gasteiger partial charge in [-0.3, -0.25) is 4.90 Å². The lowest BCUT2D eigenvalue weighted by molar-refractivity contribution is 0.172. The Kier molecular flexibility index (Phi) is 7.23. The Bertz CT molecular complexity index is 1570. The van der Waals surface area contributed by atoms with Gasteiger partial charge in [0.15, 0.2) is 5.65 Å². The van der Waals surface area contributed by atoms with Crippen LogP contribution in [0, 0.1) is 11.8 Å². The third kappa shape index (κ3) is 5.10. The fourth-order valence-electron chi connectivity index (χ4n) is 5.92. The van der Waals surface area contributed by atoms with E-state index in [2.05, 4.69) is 30.8 Å². The van der Waals surface area contributed by atoms with Gasteiger partial charge >= 0.3 is 0 Å². The molecule has 4 aromatic rings. The van der Waals surface area contributed by atoms with E-state index in [4.69, 9.17) is 16.3 Å². The summed E-state index contributed by atoms with van der Waals surface area (Å²) < 4.78 is 31.0. The van der Waals surface area contributed by atoms with Crippen molar-refractivity contribution in [3.05, 3.63) is 60.0 Å². The minimum absolute atomic E-state index is 0.0179. The summed E-state index contributed by atoms with van der Waals surface area (Å²) in [5.74, 6) is 1.08. The average Bonchev–Trinajstić information content (AvgIpc) is 3.42. The molecule has 38 heavy (non-hydrogen) atoms. The number of ether oxygens (including phenoxy) is 1. The first-order valence-electron chi connectivity index (χ1n) is 13.1. The van der Waals surface area contributed by atoms with Crippen LogP contribution < -0.4 is 9.64 Å². The van der Waals surface area contributed by atoms with Crippen molar-refractivity contribution >= 4 is 54.5 Å². The molecular weight excluding hydrogens is 522 g/mol. The molecule has 198 valence electrons. The molecule has 2 saturated heterocycles. The number of hydrogen-bond donors (Lipinski definition) is 1. The second-order valence-corrected chi connectivity index (χ2v) is 11.5. The average molecular weight is 552 g/mol. The van der Waals surface area contributed by atoms with Gasteiger partial charge in [-0.25, -0.2) is 9.97 Å². The van der Waals surface area contributed by atoms with Gasteiger partial charge in [0.05, 0.1) is 18.3 Å². The van der Waals surface area contributed by atoms with Gasteiger partial charge in [-0.15, -0.1) is 0 Å². The van der Waals surface area contributed by atoms with Crippen molar-refractivity contribution < 1.29 is 13.2 Å². The number of nitrogens with one attached hydrogen (secondary N) is 1. The monoisotopic (exact) mass is 551 g/mol. The first-order chi connectivity index (χ1) is 18.6. The van der Waals surface area contributed by atoms with Gasteiger partial charge in [-0.1, -0.05) is 11.6 Å². The van der Waals surface area contributed by atoms with Crippen LogP contribution in [-0.2, 0) is 10.3 Å². The van der Waals surface area contributed by atoms with Crippen LogP contribution in [0.5, 0.6) is 5.75 Å². The lowest BCUT2D eigenvalue weighted by Crippen LogP contribution is -2.47. The lowest BCUT2D eigenvalue weighted by atomic mass is 9.92.